The molecule has 0 saturated carbocycles. The van der Waals surface area contributed by atoms with Crippen LogP contribution in [0.3, 0.4) is 0 Å². The largest absolute Gasteiger partial charge is 0.497 e. The number of rotatable bonds is 7. The van der Waals surface area contributed by atoms with Crippen molar-refractivity contribution in [2.75, 3.05) is 26.1 Å². The third-order valence-electron chi connectivity index (χ3n) is 4.33. The number of nitrogens with one attached hydrogen (secondary N) is 2. The first kappa shape index (κ1) is 19.5. The van der Waals surface area contributed by atoms with Crippen LogP contribution >= 0.6 is 0 Å². The minimum Gasteiger partial charge on any atom is -0.497 e. The molecule has 2 aromatic rings. The fraction of sp³-hybridized carbons (Fsp3) is 0.300. The first-order valence-corrected chi connectivity index (χ1v) is 8.38. The first-order valence-electron chi connectivity index (χ1n) is 8.38. The zero-order chi connectivity index (χ0) is 19.0. The van der Waals surface area contributed by atoms with E-state index in [1.807, 2.05) is 37.3 Å². The molecule has 6 heteroatoms. The van der Waals surface area contributed by atoms with Crippen molar-refractivity contribution in [2.24, 2.45) is 0 Å². The van der Waals surface area contributed by atoms with Crippen molar-refractivity contribution in [1.82, 2.24) is 5.32 Å². The zero-order valence-corrected chi connectivity index (χ0v) is 15.2. The van der Waals surface area contributed by atoms with E-state index in [2.05, 4.69) is 10.6 Å². The van der Waals surface area contributed by atoms with Crippen LogP contribution in [0, 0.1) is 0 Å². The predicted molar refractivity (Wildman–Crippen MR) is 100 cm³/mol. The minimum absolute atomic E-state index is 0.189. The van der Waals surface area contributed by atoms with Gasteiger partial charge in [0.15, 0.2) is 0 Å². The molecule has 6 nitrogen and oxygen atoms in total. The number of benzene rings is 2. The predicted octanol–water partition coefficient (Wildman–Crippen LogP) is 2.70. The van der Waals surface area contributed by atoms with Crippen molar-refractivity contribution in [3.8, 4) is 5.75 Å². The minimum atomic E-state index is -0.743. The number of hydrogen-bond donors (Lipinski definition) is 2. The second-order valence-electron chi connectivity index (χ2n) is 5.79. The highest BCUT2D eigenvalue weighted by molar-refractivity contribution is 6.39. The maximum Gasteiger partial charge on any atom is 0.313 e. The number of hydrogen-bond acceptors (Lipinski definition) is 4. The lowest BCUT2D eigenvalue weighted by molar-refractivity contribution is -0.137. The maximum absolute atomic E-state index is 12.2. The molecular formula is C20H24N2O4. The Morgan fingerprint density at radius 2 is 1.73 bits per heavy atom. The van der Waals surface area contributed by atoms with Gasteiger partial charge in [0.1, 0.15) is 11.4 Å². The highest BCUT2D eigenvalue weighted by Gasteiger charge is 2.31. The summed E-state index contributed by atoms with van der Waals surface area (Å²) in [4.78, 5) is 24.3. The molecule has 0 aliphatic carbocycles. The topological polar surface area (TPSA) is 76.7 Å². The van der Waals surface area contributed by atoms with Gasteiger partial charge in [0, 0.05) is 18.9 Å². The van der Waals surface area contributed by atoms with Crippen LogP contribution in [-0.4, -0.2) is 32.6 Å². The summed E-state index contributed by atoms with van der Waals surface area (Å²) in [6.45, 7) is 2.16. The van der Waals surface area contributed by atoms with Crippen LogP contribution < -0.4 is 15.4 Å². The van der Waals surface area contributed by atoms with Crippen molar-refractivity contribution in [1.29, 1.82) is 0 Å². The summed E-state index contributed by atoms with van der Waals surface area (Å²) >= 11 is 0. The Bertz CT molecular complexity index is 742. The van der Waals surface area contributed by atoms with Gasteiger partial charge in [0.2, 0.25) is 0 Å². The summed E-state index contributed by atoms with van der Waals surface area (Å²) < 4.78 is 10.8. The van der Waals surface area contributed by atoms with Gasteiger partial charge < -0.3 is 20.1 Å². The quantitative estimate of drug-likeness (QED) is 0.748. The van der Waals surface area contributed by atoms with Crippen molar-refractivity contribution >= 4 is 17.5 Å². The van der Waals surface area contributed by atoms with Gasteiger partial charge in [-0.25, -0.2) is 0 Å². The number of ether oxygens (including phenoxy) is 2. The summed E-state index contributed by atoms with van der Waals surface area (Å²) in [6, 6.07) is 16.4. The van der Waals surface area contributed by atoms with Gasteiger partial charge >= 0.3 is 11.8 Å². The van der Waals surface area contributed by atoms with E-state index in [4.69, 9.17) is 9.47 Å². The second kappa shape index (κ2) is 9.01. The Morgan fingerprint density at radius 3 is 2.35 bits per heavy atom. The Morgan fingerprint density at radius 1 is 1.00 bits per heavy atom. The fourth-order valence-corrected chi connectivity index (χ4v) is 2.70. The van der Waals surface area contributed by atoms with Crippen molar-refractivity contribution in [2.45, 2.75) is 18.9 Å². The number of carbonyl (C=O) groups excluding carboxylic acids is 2. The van der Waals surface area contributed by atoms with E-state index < -0.39 is 17.4 Å². The van der Waals surface area contributed by atoms with E-state index >= 15 is 0 Å². The summed E-state index contributed by atoms with van der Waals surface area (Å²) in [6.07, 6.45) is 0.644. The fourth-order valence-electron chi connectivity index (χ4n) is 2.70. The molecule has 0 bridgehead atoms. The summed E-state index contributed by atoms with van der Waals surface area (Å²) in [7, 11) is 3.13. The lowest BCUT2D eigenvalue weighted by Gasteiger charge is -2.32. The molecule has 1 atom stereocenters. The molecule has 0 aromatic heterocycles. The van der Waals surface area contributed by atoms with E-state index in [0.29, 0.717) is 17.9 Å². The van der Waals surface area contributed by atoms with Crippen LogP contribution in [0.2, 0.25) is 0 Å². The number of amides is 2. The van der Waals surface area contributed by atoms with Crippen molar-refractivity contribution in [3.63, 3.8) is 0 Å². The molecule has 2 rings (SSSR count). The normalized spacial score (nSPS) is 12.7. The SMILES string of the molecule is CCC(CNC(=O)C(=O)Nc1cccc(OC)c1)(OC)c1ccccc1. The molecule has 0 fully saturated rings. The molecular weight excluding hydrogens is 332 g/mol. The number of methoxy groups -OCH3 is 2. The second-order valence-corrected chi connectivity index (χ2v) is 5.79. The van der Waals surface area contributed by atoms with E-state index in [-0.39, 0.29) is 6.54 Å². The van der Waals surface area contributed by atoms with Gasteiger partial charge in [-0.2, -0.15) is 0 Å². The summed E-state index contributed by atoms with van der Waals surface area (Å²) in [5.41, 5.74) is 0.743. The molecule has 0 spiro atoms. The monoisotopic (exact) mass is 356 g/mol. The van der Waals surface area contributed by atoms with E-state index in [1.54, 1.807) is 31.4 Å². The smallest absolute Gasteiger partial charge is 0.313 e. The molecule has 0 aliphatic rings. The van der Waals surface area contributed by atoms with Crippen LogP contribution in [0.5, 0.6) is 5.75 Å². The van der Waals surface area contributed by atoms with Gasteiger partial charge in [0.05, 0.1) is 13.7 Å². The lowest BCUT2D eigenvalue weighted by Crippen LogP contribution is -2.45. The van der Waals surface area contributed by atoms with Gasteiger partial charge in [-0.15, -0.1) is 0 Å². The van der Waals surface area contributed by atoms with Gasteiger partial charge in [0.25, 0.3) is 0 Å². The zero-order valence-electron chi connectivity index (χ0n) is 15.2. The molecule has 0 aliphatic heterocycles. The lowest BCUT2D eigenvalue weighted by atomic mass is 9.90. The highest BCUT2D eigenvalue weighted by atomic mass is 16.5. The van der Waals surface area contributed by atoms with E-state index in [1.165, 1.54) is 7.11 Å². The molecule has 2 amide bonds. The standard InChI is InChI=1S/C20H24N2O4/c1-4-20(26-3,15-9-6-5-7-10-15)14-21-18(23)19(24)22-16-11-8-12-17(13-16)25-2/h5-13H,4,14H2,1-3H3,(H,21,23)(H,22,24). The van der Waals surface area contributed by atoms with Crippen LogP contribution in [-0.2, 0) is 19.9 Å². The third-order valence-corrected chi connectivity index (χ3v) is 4.33. The molecule has 26 heavy (non-hydrogen) atoms. The Hall–Kier alpha value is -2.86. The Balaban J connectivity index is 2.02. The first-order chi connectivity index (χ1) is 12.5. The number of carbonyl (C=O) groups is 2. The van der Waals surface area contributed by atoms with Crippen LogP contribution in [0.4, 0.5) is 5.69 Å². The van der Waals surface area contributed by atoms with Crippen molar-refractivity contribution < 1.29 is 19.1 Å². The van der Waals surface area contributed by atoms with Gasteiger partial charge in [-0.1, -0.05) is 43.3 Å². The van der Waals surface area contributed by atoms with E-state index in [9.17, 15) is 9.59 Å². The van der Waals surface area contributed by atoms with Crippen molar-refractivity contribution in [3.05, 3.63) is 60.2 Å². The average molecular weight is 356 g/mol. The molecule has 1 unspecified atom stereocenters. The molecule has 0 radical (unpaired) electrons. The third kappa shape index (κ3) is 4.61. The van der Waals surface area contributed by atoms with Gasteiger partial charge in [-0.3, -0.25) is 9.59 Å². The Labute approximate surface area is 153 Å². The summed E-state index contributed by atoms with van der Waals surface area (Å²) in [5.74, 6) is -0.872. The number of anilines is 1. The maximum atomic E-state index is 12.2. The average Bonchev–Trinajstić information content (AvgIpc) is 2.70. The molecule has 2 aromatic carbocycles. The Kier molecular flexibility index (Phi) is 6.74. The van der Waals surface area contributed by atoms with Gasteiger partial charge in [-0.05, 0) is 24.1 Å². The summed E-state index contributed by atoms with van der Waals surface area (Å²) in [5, 5.41) is 5.22. The molecule has 2 N–H and O–H groups in total. The van der Waals surface area contributed by atoms with E-state index in [0.717, 1.165) is 5.56 Å². The van der Waals surface area contributed by atoms with Crippen LogP contribution in [0.1, 0.15) is 18.9 Å². The molecule has 138 valence electrons. The van der Waals surface area contributed by atoms with Crippen LogP contribution in [0.25, 0.3) is 0 Å². The molecule has 0 saturated heterocycles. The molecule has 0 heterocycles. The highest BCUT2D eigenvalue weighted by Crippen LogP contribution is 2.28. The van der Waals surface area contributed by atoms with Crippen LogP contribution in [0.15, 0.2) is 54.6 Å².